The van der Waals surface area contributed by atoms with Crippen LogP contribution in [-0.4, -0.2) is 42.4 Å². The summed E-state index contributed by atoms with van der Waals surface area (Å²) >= 11 is 0. The number of aromatic nitrogens is 5. The number of nitrogens with zero attached hydrogens (tertiary/aromatic N) is 5. The predicted octanol–water partition coefficient (Wildman–Crippen LogP) is 2.99. The SMILES string of the molecule is CCc1nn(-c2cnc(NCC3(c4ncccc4F)CCC3)nc2)cc1C(=O)O. The van der Waals surface area contributed by atoms with Crippen LogP contribution in [0, 0.1) is 5.82 Å². The van der Waals surface area contributed by atoms with Crippen LogP contribution in [-0.2, 0) is 11.8 Å². The summed E-state index contributed by atoms with van der Waals surface area (Å²) in [5, 5.41) is 16.7. The quantitative estimate of drug-likeness (QED) is 0.632. The van der Waals surface area contributed by atoms with E-state index in [2.05, 4.69) is 25.4 Å². The molecule has 150 valence electrons. The van der Waals surface area contributed by atoms with Gasteiger partial charge in [-0.05, 0) is 31.4 Å². The third-order valence-electron chi connectivity index (χ3n) is 5.42. The van der Waals surface area contributed by atoms with Gasteiger partial charge >= 0.3 is 5.97 Å². The standard InChI is InChI=1S/C20H21FN6O2/c1-2-16-14(18(28)29)11-27(26-16)13-9-23-19(24-10-13)25-12-20(6-4-7-20)17-15(21)5-3-8-22-17/h3,5,8-11H,2,4,6-7,12H2,1H3,(H,28,29)(H,23,24,25). The zero-order valence-corrected chi connectivity index (χ0v) is 16.0. The molecule has 1 fully saturated rings. The molecule has 3 heterocycles. The molecule has 3 aromatic heterocycles. The Morgan fingerprint density at radius 1 is 1.31 bits per heavy atom. The molecular weight excluding hydrogens is 375 g/mol. The highest BCUT2D eigenvalue weighted by Crippen LogP contribution is 2.43. The van der Waals surface area contributed by atoms with Gasteiger partial charge in [-0.2, -0.15) is 5.10 Å². The van der Waals surface area contributed by atoms with Crippen molar-refractivity contribution in [2.45, 2.75) is 38.0 Å². The first-order valence-corrected chi connectivity index (χ1v) is 9.51. The predicted molar refractivity (Wildman–Crippen MR) is 104 cm³/mol. The number of halogens is 1. The Balaban J connectivity index is 1.49. The second-order valence-corrected chi connectivity index (χ2v) is 7.18. The Hall–Kier alpha value is -3.36. The van der Waals surface area contributed by atoms with Crippen LogP contribution in [0.4, 0.5) is 10.3 Å². The zero-order chi connectivity index (χ0) is 20.4. The van der Waals surface area contributed by atoms with Gasteiger partial charge < -0.3 is 10.4 Å². The van der Waals surface area contributed by atoms with Gasteiger partial charge in [-0.3, -0.25) is 4.98 Å². The highest BCUT2D eigenvalue weighted by Gasteiger charge is 2.41. The van der Waals surface area contributed by atoms with Crippen molar-refractivity contribution in [3.8, 4) is 5.69 Å². The maximum Gasteiger partial charge on any atom is 0.339 e. The lowest BCUT2D eigenvalue weighted by atomic mass is 9.66. The zero-order valence-electron chi connectivity index (χ0n) is 16.0. The molecule has 1 saturated carbocycles. The van der Waals surface area contributed by atoms with E-state index in [-0.39, 0.29) is 16.8 Å². The first-order valence-electron chi connectivity index (χ1n) is 9.51. The van der Waals surface area contributed by atoms with Crippen molar-refractivity contribution < 1.29 is 14.3 Å². The van der Waals surface area contributed by atoms with Crippen LogP contribution in [0.5, 0.6) is 0 Å². The minimum Gasteiger partial charge on any atom is -0.478 e. The summed E-state index contributed by atoms with van der Waals surface area (Å²) in [7, 11) is 0. The second kappa shape index (κ2) is 7.57. The third kappa shape index (κ3) is 3.55. The van der Waals surface area contributed by atoms with Gasteiger partial charge in [-0.25, -0.2) is 23.8 Å². The lowest BCUT2D eigenvalue weighted by molar-refractivity contribution is 0.0695. The minimum atomic E-state index is -1.01. The Labute approximate surface area is 166 Å². The molecule has 0 spiro atoms. The molecule has 1 aliphatic carbocycles. The Morgan fingerprint density at radius 2 is 2.07 bits per heavy atom. The molecule has 0 unspecified atom stereocenters. The van der Waals surface area contributed by atoms with E-state index in [1.54, 1.807) is 24.7 Å². The molecule has 3 aromatic rings. The van der Waals surface area contributed by atoms with Crippen LogP contribution in [0.3, 0.4) is 0 Å². The van der Waals surface area contributed by atoms with Crippen LogP contribution in [0.2, 0.25) is 0 Å². The van der Waals surface area contributed by atoms with Gasteiger partial charge in [0.15, 0.2) is 0 Å². The first-order chi connectivity index (χ1) is 14.0. The molecule has 0 saturated heterocycles. The molecule has 8 nitrogen and oxygen atoms in total. The van der Waals surface area contributed by atoms with E-state index in [0.717, 1.165) is 19.3 Å². The number of carboxylic acids is 1. The fourth-order valence-electron chi connectivity index (χ4n) is 3.64. The molecule has 0 aliphatic heterocycles. The van der Waals surface area contributed by atoms with Crippen LogP contribution in [0.1, 0.15) is 47.9 Å². The second-order valence-electron chi connectivity index (χ2n) is 7.18. The summed E-state index contributed by atoms with van der Waals surface area (Å²) < 4.78 is 15.7. The Morgan fingerprint density at radius 3 is 2.62 bits per heavy atom. The summed E-state index contributed by atoms with van der Waals surface area (Å²) in [6.07, 6.45) is 9.48. The molecule has 0 atom stereocenters. The van der Waals surface area contributed by atoms with Crippen LogP contribution >= 0.6 is 0 Å². The van der Waals surface area contributed by atoms with Crippen LogP contribution in [0.25, 0.3) is 5.69 Å². The van der Waals surface area contributed by atoms with E-state index in [1.165, 1.54) is 16.9 Å². The van der Waals surface area contributed by atoms with E-state index >= 15 is 0 Å². The molecule has 0 amide bonds. The average Bonchev–Trinajstić information content (AvgIpc) is 3.14. The third-order valence-corrected chi connectivity index (χ3v) is 5.42. The topological polar surface area (TPSA) is 106 Å². The Bertz CT molecular complexity index is 1030. The normalized spacial score (nSPS) is 15.0. The number of aromatic carboxylic acids is 1. The Kier molecular flexibility index (Phi) is 4.96. The lowest BCUT2D eigenvalue weighted by Gasteiger charge is -2.41. The fraction of sp³-hybridized carbons (Fsp3) is 0.350. The first kappa shape index (κ1) is 19.0. The van der Waals surface area contributed by atoms with Crippen molar-refractivity contribution >= 4 is 11.9 Å². The number of aryl methyl sites for hydroxylation is 1. The van der Waals surface area contributed by atoms with E-state index in [0.29, 0.717) is 36.0 Å². The number of pyridine rings is 1. The van der Waals surface area contributed by atoms with Crippen molar-refractivity contribution in [1.82, 2.24) is 24.7 Å². The van der Waals surface area contributed by atoms with Gasteiger partial charge in [-0.15, -0.1) is 0 Å². The number of carbonyl (C=O) groups is 1. The molecule has 0 aromatic carbocycles. The van der Waals surface area contributed by atoms with Crippen molar-refractivity contribution in [2.24, 2.45) is 0 Å². The van der Waals surface area contributed by atoms with Crippen molar-refractivity contribution in [3.05, 3.63) is 59.7 Å². The lowest BCUT2D eigenvalue weighted by Crippen LogP contribution is -2.42. The monoisotopic (exact) mass is 396 g/mol. The van der Waals surface area contributed by atoms with Gasteiger partial charge in [0.05, 0.1) is 23.8 Å². The van der Waals surface area contributed by atoms with Gasteiger partial charge in [-0.1, -0.05) is 13.3 Å². The molecule has 29 heavy (non-hydrogen) atoms. The van der Waals surface area contributed by atoms with Gasteiger partial charge in [0, 0.05) is 24.4 Å². The number of rotatable bonds is 7. The smallest absolute Gasteiger partial charge is 0.339 e. The molecule has 0 bridgehead atoms. The summed E-state index contributed by atoms with van der Waals surface area (Å²) in [5.41, 5.74) is 1.37. The van der Waals surface area contributed by atoms with Crippen LogP contribution in [0.15, 0.2) is 36.9 Å². The minimum absolute atomic E-state index is 0.166. The number of nitrogens with one attached hydrogen (secondary N) is 1. The molecule has 4 rings (SSSR count). The van der Waals surface area contributed by atoms with Crippen molar-refractivity contribution in [2.75, 3.05) is 11.9 Å². The molecule has 2 N–H and O–H groups in total. The average molecular weight is 396 g/mol. The van der Waals surface area contributed by atoms with E-state index < -0.39 is 5.97 Å². The molecule has 0 radical (unpaired) electrons. The maximum absolute atomic E-state index is 14.2. The fourth-order valence-corrected chi connectivity index (χ4v) is 3.64. The highest BCUT2D eigenvalue weighted by molar-refractivity contribution is 5.88. The van der Waals surface area contributed by atoms with E-state index in [9.17, 15) is 14.3 Å². The number of carboxylic acid groups (broad SMARTS) is 1. The number of hydrogen-bond acceptors (Lipinski definition) is 6. The summed E-state index contributed by atoms with van der Waals surface area (Å²) in [5.74, 6) is -0.887. The summed E-state index contributed by atoms with van der Waals surface area (Å²) in [6.45, 7) is 2.34. The molecular formula is C20H21FN6O2. The van der Waals surface area contributed by atoms with E-state index in [4.69, 9.17) is 0 Å². The van der Waals surface area contributed by atoms with Crippen LogP contribution < -0.4 is 5.32 Å². The maximum atomic E-state index is 14.2. The van der Waals surface area contributed by atoms with E-state index in [1.807, 2.05) is 6.92 Å². The number of hydrogen-bond donors (Lipinski definition) is 2. The van der Waals surface area contributed by atoms with Crippen molar-refractivity contribution in [3.63, 3.8) is 0 Å². The van der Waals surface area contributed by atoms with Crippen molar-refractivity contribution in [1.29, 1.82) is 0 Å². The van der Waals surface area contributed by atoms with Gasteiger partial charge in [0.25, 0.3) is 0 Å². The largest absolute Gasteiger partial charge is 0.478 e. The summed E-state index contributed by atoms with van der Waals surface area (Å²) in [6, 6.07) is 3.03. The van der Waals surface area contributed by atoms with Gasteiger partial charge in [0.2, 0.25) is 5.95 Å². The number of anilines is 1. The van der Waals surface area contributed by atoms with Gasteiger partial charge in [0.1, 0.15) is 17.1 Å². The molecule has 1 aliphatic rings. The highest BCUT2D eigenvalue weighted by atomic mass is 19.1. The molecule has 9 heteroatoms. The summed E-state index contributed by atoms with van der Waals surface area (Å²) in [4.78, 5) is 24.2.